The van der Waals surface area contributed by atoms with E-state index in [0.717, 1.165) is 10.0 Å². The molecule has 0 radical (unpaired) electrons. The van der Waals surface area contributed by atoms with Crippen molar-refractivity contribution in [3.8, 4) is 0 Å². The Morgan fingerprint density at radius 3 is 2.67 bits per heavy atom. The quantitative estimate of drug-likeness (QED) is 0.779. The zero-order valence-electron chi connectivity index (χ0n) is 9.40. The van der Waals surface area contributed by atoms with Crippen LogP contribution in [0.2, 0.25) is 5.02 Å². The second kappa shape index (κ2) is 6.03. The lowest BCUT2D eigenvalue weighted by atomic mass is 10.2. The van der Waals surface area contributed by atoms with E-state index in [4.69, 9.17) is 16.3 Å². The number of hydrogen-bond donors (Lipinski definition) is 0. The van der Waals surface area contributed by atoms with E-state index in [9.17, 15) is 4.79 Å². The lowest BCUT2D eigenvalue weighted by Crippen LogP contribution is -2.05. The van der Waals surface area contributed by atoms with E-state index in [1.807, 2.05) is 18.2 Å². The number of carbonyl (C=O) groups excluding carboxylic acids is 1. The lowest BCUT2D eigenvalue weighted by Gasteiger charge is -2.05. The predicted molar refractivity (Wildman–Crippen MR) is 74.7 cm³/mol. The molecule has 4 heteroatoms. The third-order valence-corrected chi connectivity index (χ3v) is 3.05. The number of ether oxygens (including phenoxy) is 1. The van der Waals surface area contributed by atoms with Gasteiger partial charge in [0.2, 0.25) is 0 Å². The maximum atomic E-state index is 11.8. The normalized spacial score (nSPS) is 10.1. The first kappa shape index (κ1) is 13.1. The van der Waals surface area contributed by atoms with Crippen molar-refractivity contribution in [1.29, 1.82) is 0 Å². The highest BCUT2D eigenvalue weighted by molar-refractivity contribution is 9.10. The molecule has 2 aromatic rings. The Hall–Kier alpha value is -1.32. The van der Waals surface area contributed by atoms with Crippen LogP contribution in [0.5, 0.6) is 0 Å². The number of esters is 1. The van der Waals surface area contributed by atoms with Crippen LogP contribution in [0.4, 0.5) is 0 Å². The maximum Gasteiger partial charge on any atom is 0.338 e. The summed E-state index contributed by atoms with van der Waals surface area (Å²) in [5, 5.41) is 0.631. The fourth-order valence-electron chi connectivity index (χ4n) is 1.47. The molecule has 2 aromatic carbocycles. The van der Waals surface area contributed by atoms with Crippen LogP contribution >= 0.6 is 27.5 Å². The third-order valence-electron chi connectivity index (χ3n) is 2.32. The van der Waals surface area contributed by atoms with E-state index >= 15 is 0 Å². The van der Waals surface area contributed by atoms with Crippen LogP contribution in [0, 0.1) is 0 Å². The summed E-state index contributed by atoms with van der Waals surface area (Å²) in [5.41, 5.74) is 1.39. The molecule has 18 heavy (non-hydrogen) atoms. The number of hydrogen-bond acceptors (Lipinski definition) is 2. The predicted octanol–water partition coefficient (Wildman–Crippen LogP) is 4.46. The molecule has 2 nitrogen and oxygen atoms in total. The zero-order valence-corrected chi connectivity index (χ0v) is 11.7. The number of benzene rings is 2. The second-order valence-corrected chi connectivity index (χ2v) is 5.07. The molecule has 0 fully saturated rings. The number of rotatable bonds is 3. The minimum atomic E-state index is -0.351. The first-order chi connectivity index (χ1) is 8.65. The van der Waals surface area contributed by atoms with Crippen LogP contribution in [0.3, 0.4) is 0 Å². The van der Waals surface area contributed by atoms with Crippen molar-refractivity contribution in [3.63, 3.8) is 0 Å². The summed E-state index contributed by atoms with van der Waals surface area (Å²) in [6.07, 6.45) is 0. The zero-order chi connectivity index (χ0) is 13.0. The topological polar surface area (TPSA) is 26.3 Å². The van der Waals surface area contributed by atoms with E-state index in [-0.39, 0.29) is 12.6 Å². The van der Waals surface area contributed by atoms with E-state index in [1.54, 1.807) is 30.3 Å². The molecule has 92 valence electrons. The van der Waals surface area contributed by atoms with E-state index < -0.39 is 0 Å². The highest BCUT2D eigenvalue weighted by atomic mass is 79.9. The van der Waals surface area contributed by atoms with E-state index in [1.165, 1.54) is 0 Å². The molecule has 0 N–H and O–H groups in total. The minimum absolute atomic E-state index is 0.214. The number of halogens is 2. The smallest absolute Gasteiger partial charge is 0.338 e. The molecule has 0 bridgehead atoms. The molecule has 0 saturated carbocycles. The van der Waals surface area contributed by atoms with Crippen LogP contribution < -0.4 is 0 Å². The fourth-order valence-corrected chi connectivity index (χ4v) is 2.09. The third kappa shape index (κ3) is 3.59. The van der Waals surface area contributed by atoms with Crippen molar-refractivity contribution in [3.05, 3.63) is 69.2 Å². The van der Waals surface area contributed by atoms with Gasteiger partial charge in [0.1, 0.15) is 6.61 Å². The molecule has 2 rings (SSSR count). The summed E-state index contributed by atoms with van der Waals surface area (Å²) in [4.78, 5) is 11.8. The average Bonchev–Trinajstić information content (AvgIpc) is 2.36. The Morgan fingerprint density at radius 1 is 1.17 bits per heavy atom. The van der Waals surface area contributed by atoms with Crippen LogP contribution in [-0.2, 0) is 11.3 Å². The van der Waals surface area contributed by atoms with Crippen molar-refractivity contribution in [1.82, 2.24) is 0 Å². The van der Waals surface area contributed by atoms with Gasteiger partial charge in [-0.3, -0.25) is 0 Å². The van der Waals surface area contributed by atoms with Crippen molar-refractivity contribution in [2.45, 2.75) is 6.61 Å². The summed E-state index contributed by atoms with van der Waals surface area (Å²) >= 11 is 9.16. The molecule has 0 heterocycles. The summed E-state index contributed by atoms with van der Waals surface area (Å²) in [7, 11) is 0. The summed E-state index contributed by atoms with van der Waals surface area (Å²) < 4.78 is 6.05. The molecular formula is C14H10BrClO2. The summed E-state index contributed by atoms with van der Waals surface area (Å²) in [6, 6.07) is 14.3. The van der Waals surface area contributed by atoms with Gasteiger partial charge in [-0.05, 0) is 35.9 Å². The molecule has 0 aliphatic heterocycles. The first-order valence-electron chi connectivity index (χ1n) is 5.32. The monoisotopic (exact) mass is 324 g/mol. The minimum Gasteiger partial charge on any atom is -0.457 e. The molecule has 0 aliphatic rings. The Labute approximate surface area is 119 Å². The molecule has 0 aromatic heterocycles. The van der Waals surface area contributed by atoms with Crippen molar-refractivity contribution in [2.75, 3.05) is 0 Å². The van der Waals surface area contributed by atoms with Gasteiger partial charge in [-0.25, -0.2) is 4.79 Å². The summed E-state index contributed by atoms with van der Waals surface area (Å²) in [5.74, 6) is -0.351. The standard InChI is InChI=1S/C14H10BrClO2/c15-12-5-2-4-11(8-12)14(17)18-9-10-3-1-6-13(16)7-10/h1-8H,9H2. The molecule has 0 saturated heterocycles. The van der Waals surface area contributed by atoms with Crippen molar-refractivity contribution in [2.24, 2.45) is 0 Å². The largest absolute Gasteiger partial charge is 0.457 e. The van der Waals surface area contributed by atoms with Gasteiger partial charge in [0.15, 0.2) is 0 Å². The second-order valence-electron chi connectivity index (χ2n) is 3.72. The highest BCUT2D eigenvalue weighted by Crippen LogP contribution is 2.15. The molecular weight excluding hydrogens is 316 g/mol. The van der Waals surface area contributed by atoms with E-state index in [2.05, 4.69) is 15.9 Å². The van der Waals surface area contributed by atoms with Gasteiger partial charge in [-0.15, -0.1) is 0 Å². The van der Waals surface area contributed by atoms with Crippen LogP contribution in [0.15, 0.2) is 53.0 Å². The molecule has 0 atom stereocenters. The van der Waals surface area contributed by atoms with Crippen LogP contribution in [-0.4, -0.2) is 5.97 Å². The Balaban J connectivity index is 2.00. The molecule has 0 unspecified atom stereocenters. The molecule has 0 aliphatic carbocycles. The Bertz CT molecular complexity index is 569. The molecule has 0 amide bonds. The van der Waals surface area contributed by atoms with Gasteiger partial charge in [0.05, 0.1) is 5.56 Å². The first-order valence-corrected chi connectivity index (χ1v) is 6.49. The van der Waals surface area contributed by atoms with Gasteiger partial charge in [-0.1, -0.05) is 45.7 Å². The average molecular weight is 326 g/mol. The van der Waals surface area contributed by atoms with Gasteiger partial charge in [-0.2, -0.15) is 0 Å². The highest BCUT2D eigenvalue weighted by Gasteiger charge is 2.07. The van der Waals surface area contributed by atoms with Crippen LogP contribution in [0.25, 0.3) is 0 Å². The van der Waals surface area contributed by atoms with Gasteiger partial charge in [0, 0.05) is 9.50 Å². The molecule has 0 spiro atoms. The Morgan fingerprint density at radius 2 is 1.94 bits per heavy atom. The Kier molecular flexibility index (Phi) is 4.39. The SMILES string of the molecule is O=C(OCc1cccc(Cl)c1)c1cccc(Br)c1. The van der Waals surface area contributed by atoms with Gasteiger partial charge in [0.25, 0.3) is 0 Å². The summed E-state index contributed by atoms with van der Waals surface area (Å²) in [6.45, 7) is 0.214. The van der Waals surface area contributed by atoms with Gasteiger partial charge >= 0.3 is 5.97 Å². The van der Waals surface area contributed by atoms with Crippen molar-refractivity contribution >= 4 is 33.5 Å². The lowest BCUT2D eigenvalue weighted by molar-refractivity contribution is 0.0472. The van der Waals surface area contributed by atoms with Crippen LogP contribution in [0.1, 0.15) is 15.9 Å². The van der Waals surface area contributed by atoms with E-state index in [0.29, 0.717) is 10.6 Å². The van der Waals surface area contributed by atoms with Gasteiger partial charge < -0.3 is 4.74 Å². The fraction of sp³-hybridized carbons (Fsp3) is 0.0714. The van der Waals surface area contributed by atoms with Crippen molar-refractivity contribution < 1.29 is 9.53 Å². The maximum absolute atomic E-state index is 11.8. The number of carbonyl (C=O) groups is 1.